The molecule has 0 amide bonds. The lowest BCUT2D eigenvalue weighted by Gasteiger charge is -2.09. The van der Waals surface area contributed by atoms with E-state index < -0.39 is 0 Å². The Morgan fingerprint density at radius 1 is 0.350 bits per heavy atom. The van der Waals surface area contributed by atoms with Crippen molar-refractivity contribution in [1.29, 1.82) is 0 Å². The van der Waals surface area contributed by atoms with Gasteiger partial charge in [-0.1, -0.05) is 170 Å². The molecule has 0 atom stereocenters. The van der Waals surface area contributed by atoms with Gasteiger partial charge in [0.15, 0.2) is 0 Å². The van der Waals surface area contributed by atoms with E-state index in [4.69, 9.17) is 0 Å². The highest BCUT2D eigenvalue weighted by Crippen LogP contribution is 2.31. The van der Waals surface area contributed by atoms with E-state index in [1.54, 1.807) is 48.5 Å². The molecule has 6 nitrogen and oxygen atoms in total. The molecular weight excluding hydrogens is 741 g/mol. The molecule has 8 aromatic rings. The highest BCUT2D eigenvalue weighted by Gasteiger charge is 2.11. The van der Waals surface area contributed by atoms with Crippen molar-refractivity contribution in [3.63, 3.8) is 0 Å². The number of non-ortho nitro benzene ring substituents is 2. The van der Waals surface area contributed by atoms with E-state index in [-0.39, 0.29) is 21.2 Å². The predicted octanol–water partition coefficient (Wildman–Crippen LogP) is 14.2. The lowest BCUT2D eigenvalue weighted by molar-refractivity contribution is -0.385. The van der Waals surface area contributed by atoms with Crippen LogP contribution in [-0.4, -0.2) is 9.85 Å². The predicted molar refractivity (Wildman–Crippen MR) is 248 cm³/mol. The van der Waals surface area contributed by atoms with Crippen molar-refractivity contribution >= 4 is 69.7 Å². The van der Waals surface area contributed by atoms with Gasteiger partial charge in [0, 0.05) is 24.3 Å². The first-order valence-electron chi connectivity index (χ1n) is 19.5. The second kappa shape index (κ2) is 17.9. The number of benzene rings is 8. The molecule has 0 fully saturated rings. The Labute approximate surface area is 348 Å². The third-order valence-electron chi connectivity index (χ3n) is 10.3. The largest absolute Gasteiger partial charge is 0.269 e. The standard InChI is InChI=1S/C54H38N2O4/c57-55(58)50-33-29-45(30-34-50)52(43-9-3-1-4-10-43)37-41-21-17-39(18-22-41)25-27-48-15-7-13-47-14-8-16-49(54(47)48)28-26-40-19-23-42(24-20-40)38-53(44-11-5-2-6-12-44)46-31-35-51(36-32-46)56(59)60/h1-38H/b27-25+,28-26+,52-37+,53-38+. The minimum absolute atomic E-state index is 0.0637. The zero-order chi connectivity index (χ0) is 41.3. The number of nitro groups is 2. The number of hydrogen-bond acceptors (Lipinski definition) is 4. The van der Waals surface area contributed by atoms with Crippen LogP contribution < -0.4 is 0 Å². The normalized spacial score (nSPS) is 12.0. The maximum Gasteiger partial charge on any atom is 0.269 e. The molecule has 0 aromatic heterocycles. The average Bonchev–Trinajstić information content (AvgIpc) is 3.30. The van der Waals surface area contributed by atoms with E-state index in [0.29, 0.717) is 0 Å². The van der Waals surface area contributed by atoms with Gasteiger partial charge in [0.2, 0.25) is 0 Å². The SMILES string of the molecule is O=[N+]([O-])c1ccc(/C(=C/c2ccc(/C=C/c3cccc4cccc(/C=C/c5ccc(/C=C(\c6ccccc6)c6ccc([N+](=O)[O-])cc6)cc5)c34)cc2)c2ccccc2)cc1. The van der Waals surface area contributed by atoms with Crippen LogP contribution in [-0.2, 0) is 0 Å². The molecule has 0 saturated heterocycles. The Hall–Kier alpha value is -8.22. The lowest BCUT2D eigenvalue weighted by Crippen LogP contribution is -1.91. The minimum atomic E-state index is -0.381. The summed E-state index contributed by atoms with van der Waals surface area (Å²) in [7, 11) is 0. The van der Waals surface area contributed by atoms with Crippen LogP contribution in [0.15, 0.2) is 194 Å². The third kappa shape index (κ3) is 9.15. The van der Waals surface area contributed by atoms with E-state index in [0.717, 1.165) is 77.6 Å². The highest BCUT2D eigenvalue weighted by molar-refractivity contribution is 6.00. The van der Waals surface area contributed by atoms with Crippen LogP contribution in [0.25, 0.3) is 58.4 Å². The van der Waals surface area contributed by atoms with Gasteiger partial charge in [-0.2, -0.15) is 0 Å². The van der Waals surface area contributed by atoms with Crippen LogP contribution in [0.1, 0.15) is 55.6 Å². The van der Waals surface area contributed by atoms with Crippen LogP contribution in [0, 0.1) is 20.2 Å². The fourth-order valence-corrected chi connectivity index (χ4v) is 7.22. The van der Waals surface area contributed by atoms with Crippen molar-refractivity contribution < 1.29 is 9.85 Å². The van der Waals surface area contributed by atoms with E-state index >= 15 is 0 Å². The molecule has 288 valence electrons. The van der Waals surface area contributed by atoms with Gasteiger partial charge in [0.1, 0.15) is 0 Å². The van der Waals surface area contributed by atoms with Crippen LogP contribution in [0.5, 0.6) is 0 Å². The Kier molecular flexibility index (Phi) is 11.5. The zero-order valence-electron chi connectivity index (χ0n) is 32.5. The van der Waals surface area contributed by atoms with Crippen LogP contribution in [0.3, 0.4) is 0 Å². The van der Waals surface area contributed by atoms with Gasteiger partial charge in [-0.3, -0.25) is 20.2 Å². The zero-order valence-corrected chi connectivity index (χ0v) is 32.5. The topological polar surface area (TPSA) is 86.3 Å². The molecule has 60 heavy (non-hydrogen) atoms. The summed E-state index contributed by atoms with van der Waals surface area (Å²) < 4.78 is 0. The molecule has 8 aromatic carbocycles. The molecule has 0 heterocycles. The second-order valence-electron chi connectivity index (χ2n) is 14.2. The van der Waals surface area contributed by atoms with Crippen LogP contribution in [0.2, 0.25) is 0 Å². The van der Waals surface area contributed by atoms with E-state index in [9.17, 15) is 20.2 Å². The molecule has 0 saturated carbocycles. The summed E-state index contributed by atoms with van der Waals surface area (Å²) in [5, 5.41) is 24.9. The first-order chi connectivity index (χ1) is 29.4. The minimum Gasteiger partial charge on any atom is -0.258 e. The van der Waals surface area contributed by atoms with E-state index in [1.165, 1.54) is 0 Å². The Morgan fingerprint density at radius 2 is 0.700 bits per heavy atom. The molecule has 0 unspecified atom stereocenters. The molecule has 0 aliphatic rings. The highest BCUT2D eigenvalue weighted by atomic mass is 16.6. The van der Waals surface area contributed by atoms with E-state index in [2.05, 4.69) is 121 Å². The quantitative estimate of drug-likeness (QED) is 0.0702. The summed E-state index contributed by atoms with van der Waals surface area (Å²) in [4.78, 5) is 21.8. The van der Waals surface area contributed by atoms with Crippen molar-refractivity contribution in [2.45, 2.75) is 0 Å². The van der Waals surface area contributed by atoms with Gasteiger partial charge < -0.3 is 0 Å². The Bertz CT molecular complexity index is 2710. The molecule has 0 spiro atoms. The van der Waals surface area contributed by atoms with Gasteiger partial charge in [0.25, 0.3) is 11.4 Å². The second-order valence-corrected chi connectivity index (χ2v) is 14.2. The average molecular weight is 779 g/mol. The maximum atomic E-state index is 11.3. The summed E-state index contributed by atoms with van der Waals surface area (Å²) in [5.41, 5.74) is 12.3. The van der Waals surface area contributed by atoms with Crippen molar-refractivity contribution in [2.75, 3.05) is 0 Å². The fraction of sp³-hybridized carbons (Fsp3) is 0. The summed E-state index contributed by atoms with van der Waals surface area (Å²) in [6.07, 6.45) is 12.8. The Morgan fingerprint density at radius 3 is 1.07 bits per heavy atom. The van der Waals surface area contributed by atoms with Crippen molar-refractivity contribution in [3.8, 4) is 0 Å². The summed E-state index contributed by atoms with van der Waals surface area (Å²) in [5.74, 6) is 0. The van der Waals surface area contributed by atoms with Crippen molar-refractivity contribution in [1.82, 2.24) is 0 Å². The van der Waals surface area contributed by atoms with Gasteiger partial charge in [-0.05, 0) is 114 Å². The summed E-state index contributed by atoms with van der Waals surface area (Å²) in [6, 6.07) is 62.9. The molecule has 0 aliphatic heterocycles. The molecule has 0 bridgehead atoms. The van der Waals surface area contributed by atoms with Crippen molar-refractivity contribution in [3.05, 3.63) is 270 Å². The first kappa shape index (κ1) is 38.6. The van der Waals surface area contributed by atoms with Crippen molar-refractivity contribution in [2.24, 2.45) is 0 Å². The molecule has 0 radical (unpaired) electrons. The maximum absolute atomic E-state index is 11.3. The number of fused-ring (bicyclic) bond motifs is 1. The Balaban J connectivity index is 1.03. The van der Waals surface area contributed by atoms with Gasteiger partial charge in [0.05, 0.1) is 9.85 Å². The summed E-state index contributed by atoms with van der Waals surface area (Å²) in [6.45, 7) is 0. The number of nitrogens with zero attached hydrogens (tertiary/aromatic N) is 2. The van der Waals surface area contributed by atoms with Gasteiger partial charge >= 0.3 is 0 Å². The van der Waals surface area contributed by atoms with Gasteiger partial charge in [-0.15, -0.1) is 0 Å². The number of nitro benzene ring substituents is 2. The molecule has 8 rings (SSSR count). The van der Waals surface area contributed by atoms with Crippen LogP contribution in [0.4, 0.5) is 11.4 Å². The van der Waals surface area contributed by atoms with E-state index in [1.807, 2.05) is 60.7 Å². The lowest BCUT2D eigenvalue weighted by atomic mass is 9.95. The summed E-state index contributed by atoms with van der Waals surface area (Å²) >= 11 is 0. The van der Waals surface area contributed by atoms with Crippen LogP contribution >= 0.6 is 0 Å². The molecular formula is C54H38N2O4. The fourth-order valence-electron chi connectivity index (χ4n) is 7.22. The molecule has 0 aliphatic carbocycles. The third-order valence-corrected chi connectivity index (χ3v) is 10.3. The molecule has 6 heteroatoms. The number of hydrogen-bond donors (Lipinski definition) is 0. The first-order valence-corrected chi connectivity index (χ1v) is 19.5. The number of rotatable bonds is 12. The van der Waals surface area contributed by atoms with Gasteiger partial charge in [-0.25, -0.2) is 0 Å². The smallest absolute Gasteiger partial charge is 0.258 e. The molecule has 0 N–H and O–H groups in total. The monoisotopic (exact) mass is 778 g/mol.